The van der Waals surface area contributed by atoms with Gasteiger partial charge in [0.05, 0.1) is 0 Å². The zero-order valence-electron chi connectivity index (χ0n) is 12.8. The fourth-order valence-electron chi connectivity index (χ4n) is 2.75. The van der Waals surface area contributed by atoms with Gasteiger partial charge in [-0.15, -0.1) is 0 Å². The Morgan fingerprint density at radius 1 is 1.00 bits per heavy atom. The standard InChI is InChI=1S/C19H19NO2/c1-12(2)9-10-20-19(22)13-7-8-15-14-5-3-4-6-16(14)18(21)17(15)11-13/h3-8,11-12H,9-10H2,1-2H3,(H,20,22). The Bertz CT molecular complexity index is 747. The van der Waals surface area contributed by atoms with Crippen molar-refractivity contribution in [3.8, 4) is 11.1 Å². The normalized spacial score (nSPS) is 12.2. The van der Waals surface area contributed by atoms with Crippen LogP contribution in [0.15, 0.2) is 42.5 Å². The number of carbonyl (C=O) groups is 2. The van der Waals surface area contributed by atoms with Gasteiger partial charge in [-0.3, -0.25) is 9.59 Å². The third kappa shape index (κ3) is 2.54. The predicted molar refractivity (Wildman–Crippen MR) is 87.1 cm³/mol. The van der Waals surface area contributed by atoms with Crippen LogP contribution in [0.5, 0.6) is 0 Å². The maximum Gasteiger partial charge on any atom is 0.251 e. The summed E-state index contributed by atoms with van der Waals surface area (Å²) in [4.78, 5) is 24.6. The predicted octanol–water partition coefficient (Wildman–Crippen LogP) is 3.67. The molecule has 0 radical (unpaired) electrons. The number of hydrogen-bond donors (Lipinski definition) is 1. The first-order valence-corrected chi connectivity index (χ1v) is 7.64. The van der Waals surface area contributed by atoms with Crippen LogP contribution < -0.4 is 5.32 Å². The van der Waals surface area contributed by atoms with Crippen molar-refractivity contribution in [2.75, 3.05) is 6.54 Å². The highest BCUT2D eigenvalue weighted by Gasteiger charge is 2.26. The zero-order valence-corrected chi connectivity index (χ0v) is 12.8. The molecule has 2 aromatic carbocycles. The van der Waals surface area contributed by atoms with Crippen molar-refractivity contribution in [1.82, 2.24) is 5.32 Å². The first kappa shape index (κ1) is 14.5. The van der Waals surface area contributed by atoms with E-state index >= 15 is 0 Å². The molecule has 0 saturated heterocycles. The van der Waals surface area contributed by atoms with Crippen LogP contribution in [0.2, 0.25) is 0 Å². The smallest absolute Gasteiger partial charge is 0.251 e. The van der Waals surface area contributed by atoms with Gasteiger partial charge in [0, 0.05) is 23.2 Å². The Morgan fingerprint density at radius 2 is 1.68 bits per heavy atom. The van der Waals surface area contributed by atoms with Gasteiger partial charge in [0.2, 0.25) is 0 Å². The van der Waals surface area contributed by atoms with Crippen LogP contribution in [0.4, 0.5) is 0 Å². The summed E-state index contributed by atoms with van der Waals surface area (Å²) in [7, 11) is 0. The lowest BCUT2D eigenvalue weighted by Crippen LogP contribution is -2.25. The summed E-state index contributed by atoms with van der Waals surface area (Å²) in [6.07, 6.45) is 0.945. The quantitative estimate of drug-likeness (QED) is 0.797. The van der Waals surface area contributed by atoms with Crippen molar-refractivity contribution in [3.05, 3.63) is 59.2 Å². The van der Waals surface area contributed by atoms with Gasteiger partial charge < -0.3 is 5.32 Å². The molecule has 2 aromatic rings. The molecule has 0 saturated carbocycles. The molecule has 0 fully saturated rings. The number of hydrogen-bond acceptors (Lipinski definition) is 2. The van der Waals surface area contributed by atoms with Crippen LogP contribution in [-0.2, 0) is 0 Å². The van der Waals surface area contributed by atoms with Crippen LogP contribution >= 0.6 is 0 Å². The number of carbonyl (C=O) groups excluding carboxylic acids is 2. The molecule has 0 unspecified atom stereocenters. The first-order chi connectivity index (χ1) is 10.6. The maximum atomic E-state index is 12.4. The molecular formula is C19H19NO2. The minimum atomic E-state index is -0.118. The summed E-state index contributed by atoms with van der Waals surface area (Å²) in [5, 5.41) is 2.91. The van der Waals surface area contributed by atoms with Crippen molar-refractivity contribution in [2.45, 2.75) is 20.3 Å². The highest BCUT2D eigenvalue weighted by atomic mass is 16.1. The second kappa shape index (κ2) is 5.76. The Labute approximate surface area is 130 Å². The SMILES string of the molecule is CC(C)CCNC(=O)c1ccc2c(c1)C(=O)c1ccccc1-2. The van der Waals surface area contributed by atoms with Gasteiger partial charge in [0.15, 0.2) is 5.78 Å². The third-order valence-electron chi connectivity index (χ3n) is 4.00. The van der Waals surface area contributed by atoms with Crippen molar-refractivity contribution in [1.29, 1.82) is 0 Å². The van der Waals surface area contributed by atoms with E-state index in [0.29, 0.717) is 23.6 Å². The zero-order chi connectivity index (χ0) is 15.7. The summed E-state index contributed by atoms with van der Waals surface area (Å²) >= 11 is 0. The van der Waals surface area contributed by atoms with E-state index in [0.717, 1.165) is 23.1 Å². The van der Waals surface area contributed by atoms with Crippen molar-refractivity contribution < 1.29 is 9.59 Å². The van der Waals surface area contributed by atoms with E-state index in [1.54, 1.807) is 12.1 Å². The van der Waals surface area contributed by atoms with Gasteiger partial charge in [-0.1, -0.05) is 44.2 Å². The third-order valence-corrected chi connectivity index (χ3v) is 4.00. The molecule has 112 valence electrons. The van der Waals surface area contributed by atoms with Gasteiger partial charge in [-0.25, -0.2) is 0 Å². The van der Waals surface area contributed by atoms with Gasteiger partial charge in [0.1, 0.15) is 0 Å². The molecular weight excluding hydrogens is 274 g/mol. The maximum absolute atomic E-state index is 12.4. The summed E-state index contributed by atoms with van der Waals surface area (Å²) in [6.45, 7) is 4.90. The van der Waals surface area contributed by atoms with Crippen LogP contribution in [0.3, 0.4) is 0 Å². The molecule has 0 heterocycles. The van der Waals surface area contributed by atoms with Gasteiger partial charge in [-0.2, -0.15) is 0 Å². The number of rotatable bonds is 4. The highest BCUT2D eigenvalue weighted by Crippen LogP contribution is 2.36. The van der Waals surface area contributed by atoms with Crippen LogP contribution in [0, 0.1) is 5.92 Å². The summed E-state index contributed by atoms with van der Waals surface area (Å²) in [5.74, 6) is 0.436. The molecule has 3 rings (SSSR count). The molecule has 1 aliphatic rings. The van der Waals surface area contributed by atoms with Gasteiger partial charge in [0.25, 0.3) is 5.91 Å². The largest absolute Gasteiger partial charge is 0.352 e. The number of benzene rings is 2. The molecule has 1 amide bonds. The molecule has 22 heavy (non-hydrogen) atoms. The summed E-state index contributed by atoms with van der Waals surface area (Å²) < 4.78 is 0. The van der Waals surface area contributed by atoms with E-state index < -0.39 is 0 Å². The molecule has 3 heteroatoms. The van der Waals surface area contributed by atoms with E-state index in [9.17, 15) is 9.59 Å². The van der Waals surface area contributed by atoms with E-state index in [-0.39, 0.29) is 11.7 Å². The van der Waals surface area contributed by atoms with Gasteiger partial charge in [-0.05, 0) is 35.6 Å². The summed E-state index contributed by atoms with van der Waals surface area (Å²) in [5.41, 5.74) is 3.75. The van der Waals surface area contributed by atoms with Crippen molar-refractivity contribution in [2.24, 2.45) is 5.92 Å². The Balaban J connectivity index is 1.84. The molecule has 0 bridgehead atoms. The van der Waals surface area contributed by atoms with E-state index in [1.807, 2.05) is 30.3 Å². The first-order valence-electron chi connectivity index (χ1n) is 7.64. The Morgan fingerprint density at radius 3 is 2.41 bits per heavy atom. The Kier molecular flexibility index (Phi) is 3.80. The number of fused-ring (bicyclic) bond motifs is 3. The van der Waals surface area contributed by atoms with Crippen molar-refractivity contribution >= 4 is 11.7 Å². The van der Waals surface area contributed by atoms with Crippen LogP contribution in [0.25, 0.3) is 11.1 Å². The molecule has 1 aliphatic carbocycles. The van der Waals surface area contributed by atoms with Crippen molar-refractivity contribution in [3.63, 3.8) is 0 Å². The summed E-state index contributed by atoms with van der Waals surface area (Å²) in [6, 6.07) is 12.9. The second-order valence-electron chi connectivity index (χ2n) is 6.07. The number of nitrogens with one attached hydrogen (secondary N) is 1. The fraction of sp³-hybridized carbons (Fsp3) is 0.263. The molecule has 0 spiro atoms. The van der Waals surface area contributed by atoms with E-state index in [1.165, 1.54) is 0 Å². The number of amides is 1. The lowest BCUT2D eigenvalue weighted by atomic mass is 10.0. The molecule has 0 aromatic heterocycles. The monoisotopic (exact) mass is 293 g/mol. The molecule has 1 N–H and O–H groups in total. The fourth-order valence-corrected chi connectivity index (χ4v) is 2.75. The topological polar surface area (TPSA) is 46.2 Å². The molecule has 3 nitrogen and oxygen atoms in total. The van der Waals surface area contributed by atoms with E-state index in [4.69, 9.17) is 0 Å². The number of ketones is 1. The van der Waals surface area contributed by atoms with Crippen LogP contribution in [0.1, 0.15) is 46.5 Å². The second-order valence-corrected chi connectivity index (χ2v) is 6.07. The lowest BCUT2D eigenvalue weighted by molar-refractivity contribution is 0.0952. The Hall–Kier alpha value is -2.42. The van der Waals surface area contributed by atoms with Gasteiger partial charge >= 0.3 is 0 Å². The van der Waals surface area contributed by atoms with E-state index in [2.05, 4.69) is 19.2 Å². The molecule has 0 aliphatic heterocycles. The average Bonchev–Trinajstić information content (AvgIpc) is 2.80. The lowest BCUT2D eigenvalue weighted by Gasteiger charge is -2.08. The molecule has 0 atom stereocenters. The minimum Gasteiger partial charge on any atom is -0.352 e. The highest BCUT2D eigenvalue weighted by molar-refractivity contribution is 6.22. The van der Waals surface area contributed by atoms with Crippen LogP contribution in [-0.4, -0.2) is 18.2 Å². The average molecular weight is 293 g/mol. The minimum absolute atomic E-state index is 0.00225.